The van der Waals surface area contributed by atoms with E-state index in [-0.39, 0.29) is 12.4 Å². The lowest BCUT2D eigenvalue weighted by Gasteiger charge is -2.31. The molecule has 0 radical (unpaired) electrons. The van der Waals surface area contributed by atoms with Crippen LogP contribution in [0, 0.1) is 12.8 Å². The zero-order chi connectivity index (χ0) is 11.4. The maximum Gasteiger partial charge on any atom is 0.133 e. The molecule has 2 N–H and O–H groups in total. The van der Waals surface area contributed by atoms with Crippen LogP contribution in [0.25, 0.3) is 0 Å². The van der Waals surface area contributed by atoms with Crippen LogP contribution in [0.2, 0.25) is 0 Å². The number of nitrogens with zero attached hydrogens (tertiary/aromatic N) is 2. The number of piperidine rings is 1. The van der Waals surface area contributed by atoms with Crippen molar-refractivity contribution < 1.29 is 4.52 Å². The number of halogens is 1. The lowest BCUT2D eigenvalue weighted by atomic mass is 9.95. The average molecular weight is 260 g/mol. The van der Waals surface area contributed by atoms with Gasteiger partial charge in [0.25, 0.3) is 0 Å². The summed E-state index contributed by atoms with van der Waals surface area (Å²) in [7, 11) is 0. The topological polar surface area (TPSA) is 55.3 Å². The van der Waals surface area contributed by atoms with Crippen molar-refractivity contribution in [3.63, 3.8) is 0 Å². The summed E-state index contributed by atoms with van der Waals surface area (Å²) in [5.74, 6) is 1.66. The van der Waals surface area contributed by atoms with Crippen LogP contribution in [0.4, 0.5) is 0 Å². The Morgan fingerprint density at radius 1 is 1.59 bits per heavy atom. The number of hydrogen-bond acceptors (Lipinski definition) is 4. The monoisotopic (exact) mass is 259 g/mol. The van der Waals surface area contributed by atoms with Crippen LogP contribution in [0.3, 0.4) is 0 Å². The fourth-order valence-electron chi connectivity index (χ4n) is 2.49. The third-order valence-electron chi connectivity index (χ3n) is 3.24. The Hall–Kier alpha value is -0.580. The minimum absolute atomic E-state index is 0. The second kappa shape index (κ2) is 6.99. The van der Waals surface area contributed by atoms with E-state index in [0.29, 0.717) is 0 Å². The molecule has 0 saturated carbocycles. The Morgan fingerprint density at radius 2 is 2.41 bits per heavy atom. The lowest BCUT2D eigenvalue weighted by Crippen LogP contribution is -2.35. The van der Waals surface area contributed by atoms with E-state index < -0.39 is 0 Å². The highest BCUT2D eigenvalue weighted by atomic mass is 35.5. The predicted octanol–water partition coefficient (Wildman–Crippen LogP) is 1.97. The first-order valence-electron chi connectivity index (χ1n) is 6.12. The molecule has 1 aromatic heterocycles. The maximum absolute atomic E-state index is 5.61. The standard InChI is InChI=1S/C12H21N3O.ClH/c1-10-7-12(14-16-10)9-15-6-2-3-11(8-15)4-5-13;/h7,11H,2-6,8-9,13H2,1H3;1H. The van der Waals surface area contributed by atoms with Crippen molar-refractivity contribution >= 4 is 12.4 Å². The third-order valence-corrected chi connectivity index (χ3v) is 3.24. The van der Waals surface area contributed by atoms with Crippen LogP contribution in [-0.2, 0) is 6.54 Å². The van der Waals surface area contributed by atoms with Crippen LogP contribution in [0.15, 0.2) is 10.6 Å². The summed E-state index contributed by atoms with van der Waals surface area (Å²) in [6.45, 7) is 5.99. The first-order chi connectivity index (χ1) is 7.78. The molecule has 2 rings (SSSR count). The van der Waals surface area contributed by atoms with E-state index in [2.05, 4.69) is 10.1 Å². The summed E-state index contributed by atoms with van der Waals surface area (Å²) < 4.78 is 5.08. The fourth-order valence-corrected chi connectivity index (χ4v) is 2.49. The van der Waals surface area contributed by atoms with Crippen molar-refractivity contribution in [2.24, 2.45) is 11.7 Å². The Morgan fingerprint density at radius 3 is 3.06 bits per heavy atom. The van der Waals surface area contributed by atoms with E-state index in [0.717, 1.165) is 43.4 Å². The van der Waals surface area contributed by atoms with Gasteiger partial charge in [-0.2, -0.15) is 0 Å². The summed E-state index contributed by atoms with van der Waals surface area (Å²) in [5, 5.41) is 4.04. The van der Waals surface area contributed by atoms with Gasteiger partial charge in [0.1, 0.15) is 5.76 Å². The zero-order valence-corrected chi connectivity index (χ0v) is 11.2. The second-order valence-corrected chi connectivity index (χ2v) is 4.75. The highest BCUT2D eigenvalue weighted by Crippen LogP contribution is 2.20. The summed E-state index contributed by atoms with van der Waals surface area (Å²) in [5.41, 5.74) is 6.66. The predicted molar refractivity (Wildman–Crippen MR) is 70.2 cm³/mol. The Balaban J connectivity index is 0.00000144. The maximum atomic E-state index is 5.61. The molecule has 5 heteroatoms. The molecule has 1 aliphatic heterocycles. The van der Waals surface area contributed by atoms with E-state index in [1.807, 2.05) is 13.0 Å². The normalized spacial score (nSPS) is 21.2. The van der Waals surface area contributed by atoms with Gasteiger partial charge in [-0.1, -0.05) is 5.16 Å². The number of aryl methyl sites for hydroxylation is 1. The van der Waals surface area contributed by atoms with Crippen LogP contribution in [-0.4, -0.2) is 29.7 Å². The number of nitrogens with two attached hydrogens (primary N) is 1. The molecule has 1 atom stereocenters. The molecule has 98 valence electrons. The Labute approximate surface area is 109 Å². The molecule has 17 heavy (non-hydrogen) atoms. The van der Waals surface area contributed by atoms with Gasteiger partial charge < -0.3 is 10.3 Å². The van der Waals surface area contributed by atoms with Gasteiger partial charge in [-0.05, 0) is 45.2 Å². The van der Waals surface area contributed by atoms with E-state index in [4.69, 9.17) is 10.3 Å². The molecule has 1 aromatic rings. The van der Waals surface area contributed by atoms with Crippen LogP contribution in [0.5, 0.6) is 0 Å². The first-order valence-corrected chi connectivity index (χ1v) is 6.12. The van der Waals surface area contributed by atoms with Crippen molar-refractivity contribution in [2.45, 2.75) is 32.7 Å². The molecular formula is C12H22ClN3O. The molecule has 0 bridgehead atoms. The first kappa shape index (κ1) is 14.5. The lowest BCUT2D eigenvalue weighted by molar-refractivity contribution is 0.159. The third kappa shape index (κ3) is 4.30. The number of likely N-dealkylation sites (tertiary alicyclic amines) is 1. The Kier molecular flexibility index (Phi) is 5.95. The van der Waals surface area contributed by atoms with E-state index in [9.17, 15) is 0 Å². The molecular weight excluding hydrogens is 238 g/mol. The van der Waals surface area contributed by atoms with Crippen LogP contribution < -0.4 is 5.73 Å². The van der Waals surface area contributed by atoms with Crippen LogP contribution >= 0.6 is 12.4 Å². The molecule has 1 fully saturated rings. The van der Waals surface area contributed by atoms with Crippen molar-refractivity contribution in [2.75, 3.05) is 19.6 Å². The van der Waals surface area contributed by atoms with Crippen molar-refractivity contribution in [3.05, 3.63) is 17.5 Å². The fraction of sp³-hybridized carbons (Fsp3) is 0.750. The van der Waals surface area contributed by atoms with E-state index in [1.165, 1.54) is 19.4 Å². The minimum Gasteiger partial charge on any atom is -0.361 e. The highest BCUT2D eigenvalue weighted by Gasteiger charge is 2.19. The van der Waals surface area contributed by atoms with Gasteiger partial charge in [0.05, 0.1) is 5.69 Å². The molecule has 0 aromatic carbocycles. The number of rotatable bonds is 4. The minimum atomic E-state index is 0. The molecule has 1 unspecified atom stereocenters. The SMILES string of the molecule is Cc1cc(CN2CCCC(CCN)C2)no1.Cl. The van der Waals surface area contributed by atoms with Gasteiger partial charge in [-0.3, -0.25) is 4.90 Å². The summed E-state index contributed by atoms with van der Waals surface area (Å²) in [4.78, 5) is 2.46. The van der Waals surface area contributed by atoms with Crippen molar-refractivity contribution in [3.8, 4) is 0 Å². The molecule has 0 spiro atoms. The van der Waals surface area contributed by atoms with E-state index >= 15 is 0 Å². The van der Waals surface area contributed by atoms with Crippen LogP contribution in [0.1, 0.15) is 30.7 Å². The molecule has 4 nitrogen and oxygen atoms in total. The molecule has 1 aliphatic rings. The van der Waals surface area contributed by atoms with Crippen molar-refractivity contribution in [1.82, 2.24) is 10.1 Å². The zero-order valence-electron chi connectivity index (χ0n) is 10.4. The largest absolute Gasteiger partial charge is 0.361 e. The molecule has 1 saturated heterocycles. The quantitative estimate of drug-likeness (QED) is 0.898. The average Bonchev–Trinajstić information content (AvgIpc) is 2.65. The van der Waals surface area contributed by atoms with Crippen molar-refractivity contribution in [1.29, 1.82) is 0 Å². The van der Waals surface area contributed by atoms with Gasteiger partial charge in [-0.15, -0.1) is 12.4 Å². The number of hydrogen-bond donors (Lipinski definition) is 1. The van der Waals surface area contributed by atoms with Gasteiger partial charge in [-0.25, -0.2) is 0 Å². The van der Waals surface area contributed by atoms with Gasteiger partial charge in [0, 0.05) is 19.2 Å². The molecule has 0 amide bonds. The summed E-state index contributed by atoms with van der Waals surface area (Å²) >= 11 is 0. The smallest absolute Gasteiger partial charge is 0.133 e. The highest BCUT2D eigenvalue weighted by molar-refractivity contribution is 5.85. The molecule has 2 heterocycles. The Bertz CT molecular complexity index is 327. The van der Waals surface area contributed by atoms with E-state index in [1.54, 1.807) is 0 Å². The molecule has 0 aliphatic carbocycles. The summed E-state index contributed by atoms with van der Waals surface area (Å²) in [6, 6.07) is 2.02. The van der Waals surface area contributed by atoms with Gasteiger partial charge in [0.2, 0.25) is 0 Å². The van der Waals surface area contributed by atoms with Gasteiger partial charge >= 0.3 is 0 Å². The summed E-state index contributed by atoms with van der Waals surface area (Å²) in [6.07, 6.45) is 3.75. The second-order valence-electron chi connectivity index (χ2n) is 4.75. The van der Waals surface area contributed by atoms with Gasteiger partial charge in [0.15, 0.2) is 0 Å². The number of aromatic nitrogens is 1.